The Hall–Kier alpha value is -1.58. The molecule has 0 unspecified atom stereocenters. The summed E-state index contributed by atoms with van der Waals surface area (Å²) < 4.78 is 17.6. The van der Waals surface area contributed by atoms with Crippen molar-refractivity contribution in [3.8, 4) is 5.75 Å². The molecule has 4 heteroatoms. The zero-order valence-electron chi connectivity index (χ0n) is 9.37. The van der Waals surface area contributed by atoms with Gasteiger partial charge in [-0.05, 0) is 30.0 Å². The molecule has 0 spiro atoms. The minimum absolute atomic E-state index is 0.127. The molecule has 0 bridgehead atoms. The van der Waals surface area contributed by atoms with Gasteiger partial charge in [0, 0.05) is 6.07 Å². The summed E-state index contributed by atoms with van der Waals surface area (Å²) in [6.45, 7) is 1.90. The zero-order valence-corrected chi connectivity index (χ0v) is 9.37. The summed E-state index contributed by atoms with van der Waals surface area (Å²) in [5, 5.41) is 9.27. The lowest BCUT2D eigenvalue weighted by atomic mass is 9.93. The number of halogens is 1. The van der Waals surface area contributed by atoms with E-state index in [1.54, 1.807) is 0 Å². The van der Waals surface area contributed by atoms with Crippen LogP contribution in [0.25, 0.3) is 0 Å². The molecule has 0 aliphatic carbocycles. The van der Waals surface area contributed by atoms with Gasteiger partial charge < -0.3 is 9.84 Å². The monoisotopic (exact) mass is 226 g/mol. The van der Waals surface area contributed by atoms with Crippen LogP contribution in [0.1, 0.15) is 31.2 Å². The third kappa shape index (κ3) is 3.22. The van der Waals surface area contributed by atoms with Crippen LogP contribution in [0.4, 0.5) is 4.39 Å². The molecule has 0 amide bonds. The Morgan fingerprint density at radius 2 is 2.19 bits per heavy atom. The number of benzene rings is 1. The van der Waals surface area contributed by atoms with E-state index in [-0.39, 0.29) is 24.1 Å². The normalized spacial score (nSPS) is 12.2. The molecule has 1 N–H and O–H groups in total. The Balaban J connectivity index is 2.90. The summed E-state index contributed by atoms with van der Waals surface area (Å²) in [4.78, 5) is 11.1. The smallest absolute Gasteiger partial charge is 0.306 e. The molecule has 1 aromatic rings. The second-order valence-corrected chi connectivity index (χ2v) is 3.63. The lowest BCUT2D eigenvalue weighted by molar-refractivity contribution is -0.141. The maximum absolute atomic E-state index is 13.1. The van der Waals surface area contributed by atoms with Crippen LogP contribution in [0.15, 0.2) is 18.2 Å². The van der Waals surface area contributed by atoms with Gasteiger partial charge in [0.1, 0.15) is 11.6 Å². The Morgan fingerprint density at radius 3 is 2.69 bits per heavy atom. The molecule has 0 aliphatic heterocycles. The summed E-state index contributed by atoms with van der Waals surface area (Å²) in [5.74, 6) is -1.10. The number of esters is 1. The number of carbonyl (C=O) groups excluding carboxylic acids is 1. The summed E-state index contributed by atoms with van der Waals surface area (Å²) in [6.07, 6.45) is 0.869. The third-order valence-electron chi connectivity index (χ3n) is 2.51. The lowest BCUT2D eigenvalue weighted by Crippen LogP contribution is -2.08. The standard InChI is InChI=1S/C12H15FO3/c1-3-8(6-12(15)16-2)9-4-10(13)7-11(14)5-9/h4-5,7-8,14H,3,6H2,1-2H3/t8-/m1/s1. The van der Waals surface area contributed by atoms with Gasteiger partial charge in [-0.1, -0.05) is 6.92 Å². The summed E-state index contributed by atoms with van der Waals surface area (Å²) in [5.41, 5.74) is 0.616. The maximum atomic E-state index is 13.1. The topological polar surface area (TPSA) is 46.5 Å². The molecule has 88 valence electrons. The molecule has 0 saturated carbocycles. The second-order valence-electron chi connectivity index (χ2n) is 3.63. The average molecular weight is 226 g/mol. The first-order chi connectivity index (χ1) is 7.56. The molecule has 0 aromatic heterocycles. The molecule has 3 nitrogen and oxygen atoms in total. The number of methoxy groups -OCH3 is 1. The highest BCUT2D eigenvalue weighted by Crippen LogP contribution is 2.27. The predicted octanol–water partition coefficient (Wildman–Crippen LogP) is 2.59. The fourth-order valence-corrected chi connectivity index (χ4v) is 1.61. The Morgan fingerprint density at radius 1 is 1.50 bits per heavy atom. The molecular weight excluding hydrogens is 211 g/mol. The molecule has 16 heavy (non-hydrogen) atoms. The van der Waals surface area contributed by atoms with Gasteiger partial charge in [0.25, 0.3) is 0 Å². The van der Waals surface area contributed by atoms with Crippen LogP contribution in [0.3, 0.4) is 0 Å². The van der Waals surface area contributed by atoms with Crippen LogP contribution in [0.2, 0.25) is 0 Å². The number of phenols is 1. The Labute approximate surface area is 93.9 Å². The predicted molar refractivity (Wildman–Crippen MR) is 57.7 cm³/mol. The third-order valence-corrected chi connectivity index (χ3v) is 2.51. The number of rotatable bonds is 4. The molecule has 0 radical (unpaired) electrons. The van der Waals surface area contributed by atoms with Gasteiger partial charge in [0.15, 0.2) is 0 Å². The zero-order chi connectivity index (χ0) is 12.1. The van der Waals surface area contributed by atoms with Crippen molar-refractivity contribution < 1.29 is 19.0 Å². The first-order valence-electron chi connectivity index (χ1n) is 5.13. The molecule has 1 aromatic carbocycles. The van der Waals surface area contributed by atoms with Gasteiger partial charge in [-0.2, -0.15) is 0 Å². The quantitative estimate of drug-likeness (QED) is 0.802. The molecule has 0 heterocycles. The highest BCUT2D eigenvalue weighted by molar-refractivity contribution is 5.70. The first kappa shape index (κ1) is 12.5. The molecular formula is C12H15FO3. The van der Waals surface area contributed by atoms with E-state index >= 15 is 0 Å². The lowest BCUT2D eigenvalue weighted by Gasteiger charge is -2.14. The molecule has 0 fully saturated rings. The van der Waals surface area contributed by atoms with Crippen LogP contribution in [0, 0.1) is 5.82 Å². The largest absolute Gasteiger partial charge is 0.508 e. The van der Waals surface area contributed by atoms with Crippen molar-refractivity contribution in [3.63, 3.8) is 0 Å². The van der Waals surface area contributed by atoms with E-state index in [1.165, 1.54) is 19.2 Å². The van der Waals surface area contributed by atoms with Crippen molar-refractivity contribution >= 4 is 5.97 Å². The van der Waals surface area contributed by atoms with Crippen molar-refractivity contribution in [2.75, 3.05) is 7.11 Å². The number of ether oxygens (including phenoxy) is 1. The summed E-state index contributed by atoms with van der Waals surface area (Å²) in [6, 6.07) is 3.84. The van der Waals surface area contributed by atoms with Gasteiger partial charge in [-0.3, -0.25) is 4.79 Å². The molecule has 0 aliphatic rings. The Kier molecular flexibility index (Phi) is 4.28. The number of hydrogen-bond acceptors (Lipinski definition) is 3. The van der Waals surface area contributed by atoms with Gasteiger partial charge in [-0.15, -0.1) is 0 Å². The number of phenolic OH excluding ortho intramolecular Hbond substituents is 1. The molecule has 1 atom stereocenters. The van der Waals surface area contributed by atoms with E-state index < -0.39 is 5.82 Å². The van der Waals surface area contributed by atoms with Crippen molar-refractivity contribution in [2.45, 2.75) is 25.7 Å². The highest BCUT2D eigenvalue weighted by atomic mass is 19.1. The summed E-state index contributed by atoms with van der Waals surface area (Å²) >= 11 is 0. The van der Waals surface area contributed by atoms with Gasteiger partial charge in [0.05, 0.1) is 13.5 Å². The fourth-order valence-electron chi connectivity index (χ4n) is 1.61. The van der Waals surface area contributed by atoms with Crippen LogP contribution in [0.5, 0.6) is 5.75 Å². The van der Waals surface area contributed by atoms with Crippen molar-refractivity contribution in [2.24, 2.45) is 0 Å². The van der Waals surface area contributed by atoms with Crippen LogP contribution in [-0.4, -0.2) is 18.2 Å². The number of hydrogen-bond donors (Lipinski definition) is 1. The number of aromatic hydroxyl groups is 1. The average Bonchev–Trinajstić information content (AvgIpc) is 2.24. The first-order valence-corrected chi connectivity index (χ1v) is 5.13. The van der Waals surface area contributed by atoms with E-state index in [9.17, 15) is 14.3 Å². The maximum Gasteiger partial charge on any atom is 0.306 e. The summed E-state index contributed by atoms with van der Waals surface area (Å²) in [7, 11) is 1.32. The van der Waals surface area contributed by atoms with Crippen LogP contribution < -0.4 is 0 Å². The van der Waals surface area contributed by atoms with Crippen molar-refractivity contribution in [3.05, 3.63) is 29.6 Å². The second kappa shape index (κ2) is 5.49. The highest BCUT2D eigenvalue weighted by Gasteiger charge is 2.16. The van der Waals surface area contributed by atoms with Gasteiger partial charge >= 0.3 is 5.97 Å². The fraction of sp³-hybridized carbons (Fsp3) is 0.417. The van der Waals surface area contributed by atoms with E-state index in [0.717, 1.165) is 6.07 Å². The van der Waals surface area contributed by atoms with E-state index in [0.29, 0.717) is 12.0 Å². The SMILES string of the molecule is CC[C@H](CC(=O)OC)c1cc(O)cc(F)c1. The van der Waals surface area contributed by atoms with Gasteiger partial charge in [0.2, 0.25) is 0 Å². The van der Waals surface area contributed by atoms with E-state index in [4.69, 9.17) is 0 Å². The Bertz CT molecular complexity index is 356. The number of carbonyl (C=O) groups is 1. The molecule has 0 saturated heterocycles. The minimum atomic E-state index is -0.502. The van der Waals surface area contributed by atoms with Gasteiger partial charge in [-0.25, -0.2) is 4.39 Å². The van der Waals surface area contributed by atoms with E-state index in [1.807, 2.05) is 6.92 Å². The van der Waals surface area contributed by atoms with E-state index in [2.05, 4.69) is 4.74 Å². The van der Waals surface area contributed by atoms with Crippen LogP contribution in [-0.2, 0) is 9.53 Å². The minimum Gasteiger partial charge on any atom is -0.508 e. The van der Waals surface area contributed by atoms with Crippen molar-refractivity contribution in [1.82, 2.24) is 0 Å². The van der Waals surface area contributed by atoms with Crippen molar-refractivity contribution in [1.29, 1.82) is 0 Å². The van der Waals surface area contributed by atoms with Crippen LogP contribution >= 0.6 is 0 Å². The molecule has 1 rings (SSSR count).